The lowest BCUT2D eigenvalue weighted by molar-refractivity contribution is -0.134. The van der Waals surface area contributed by atoms with Crippen LogP contribution < -0.4 is 15.5 Å². The number of pyridine rings is 2. The zero-order chi connectivity index (χ0) is 25.7. The predicted molar refractivity (Wildman–Crippen MR) is 137 cm³/mol. The number of rotatable bonds is 11. The smallest absolute Gasteiger partial charge is 0.322 e. The third-order valence-electron chi connectivity index (χ3n) is 6.45. The van der Waals surface area contributed by atoms with E-state index in [0.717, 1.165) is 28.8 Å². The summed E-state index contributed by atoms with van der Waals surface area (Å²) in [4.78, 5) is 17.4. The molecule has 3 aromatic rings. The second-order valence-electron chi connectivity index (χ2n) is 8.61. The average molecular weight is 499 g/mol. The highest BCUT2D eigenvalue weighted by Gasteiger charge is 2.44. The van der Waals surface area contributed by atoms with Gasteiger partial charge in [0.25, 0.3) is 0 Å². The van der Waals surface area contributed by atoms with Gasteiger partial charge in [-0.05, 0) is 55.8 Å². The average Bonchev–Trinajstić information content (AvgIpc) is 2.88. The Kier molecular flexibility index (Phi) is 7.89. The van der Waals surface area contributed by atoms with Gasteiger partial charge in [-0.15, -0.1) is 0 Å². The number of aliphatic carboxylic acids is 1. The Morgan fingerprint density at radius 2 is 1.77 bits per heavy atom. The highest BCUT2D eigenvalue weighted by Crippen LogP contribution is 2.34. The lowest BCUT2D eigenvalue weighted by atomic mass is 10.0. The third-order valence-corrected chi connectivity index (χ3v) is 8.62. The molecule has 35 heavy (non-hydrogen) atoms. The molecule has 2 heterocycles. The summed E-state index contributed by atoms with van der Waals surface area (Å²) in [6.07, 6.45) is 2.71. The molecule has 2 aromatic heterocycles. The van der Waals surface area contributed by atoms with E-state index < -0.39 is 20.7 Å². The molecule has 186 valence electrons. The van der Waals surface area contributed by atoms with E-state index in [1.807, 2.05) is 24.3 Å². The van der Waals surface area contributed by atoms with Gasteiger partial charge in [0.05, 0.1) is 30.7 Å². The molecule has 0 aliphatic rings. The molecule has 0 aliphatic carbocycles. The Balaban J connectivity index is 2.08. The first-order valence-electron chi connectivity index (χ1n) is 11.4. The van der Waals surface area contributed by atoms with Crippen molar-refractivity contribution in [1.29, 1.82) is 0 Å². The summed E-state index contributed by atoms with van der Waals surface area (Å²) < 4.78 is 28.4. The molecule has 1 atom stereocenters. The third kappa shape index (κ3) is 5.50. The van der Waals surface area contributed by atoms with Gasteiger partial charge in [-0.25, -0.2) is 13.4 Å². The lowest BCUT2D eigenvalue weighted by Gasteiger charge is -2.32. The van der Waals surface area contributed by atoms with Crippen molar-refractivity contribution < 1.29 is 18.3 Å². The molecule has 0 spiro atoms. The minimum Gasteiger partial charge on any atom is -0.480 e. The van der Waals surface area contributed by atoms with Crippen LogP contribution in [0.3, 0.4) is 0 Å². The molecule has 0 bridgehead atoms. The highest BCUT2D eigenvalue weighted by atomic mass is 32.2. The lowest BCUT2D eigenvalue weighted by Crippen LogP contribution is -2.47. The van der Waals surface area contributed by atoms with Gasteiger partial charge < -0.3 is 16.2 Å². The number of carbonyl (C=O) groups is 1. The number of carboxylic acids is 1. The van der Waals surface area contributed by atoms with Gasteiger partial charge in [0.15, 0.2) is 4.87 Å². The van der Waals surface area contributed by atoms with E-state index in [1.54, 1.807) is 12.1 Å². The molecule has 4 N–H and O–H groups in total. The quantitative estimate of drug-likeness (QED) is 0.344. The van der Waals surface area contributed by atoms with E-state index in [9.17, 15) is 13.2 Å². The number of quaternary nitrogens is 1. The summed E-state index contributed by atoms with van der Waals surface area (Å²) >= 11 is 0. The van der Waals surface area contributed by atoms with Crippen LogP contribution in [-0.2, 0) is 25.9 Å². The fraction of sp³-hybridized carbons (Fsp3) is 0.320. The van der Waals surface area contributed by atoms with Crippen LogP contribution in [0.4, 0.5) is 11.5 Å². The molecule has 10 heteroatoms. The molecular formula is C25H32N5O4S+. The van der Waals surface area contributed by atoms with Crippen LogP contribution in [-0.4, -0.2) is 56.1 Å². The SMILES string of the molecule is CC[N+](C)(CC)c1ccc(CC(N)(c2cccc(NCC(=O)O)n2)S(=O)(=O)c2cccnc2)cc1. The van der Waals surface area contributed by atoms with Crippen LogP contribution in [0.25, 0.3) is 0 Å². The minimum atomic E-state index is -4.14. The van der Waals surface area contributed by atoms with Crippen LogP contribution >= 0.6 is 0 Å². The molecule has 0 fully saturated rings. The Bertz CT molecular complexity index is 1260. The Morgan fingerprint density at radius 3 is 2.34 bits per heavy atom. The summed E-state index contributed by atoms with van der Waals surface area (Å²) in [7, 11) is -2.00. The number of nitrogens with two attached hydrogens (primary N) is 1. The van der Waals surface area contributed by atoms with Crippen molar-refractivity contribution in [2.45, 2.75) is 30.0 Å². The second-order valence-corrected chi connectivity index (χ2v) is 10.8. The summed E-state index contributed by atoms with van der Waals surface area (Å²) in [6, 6.07) is 15.5. The topological polar surface area (TPSA) is 135 Å². The maximum Gasteiger partial charge on any atom is 0.322 e. The number of sulfone groups is 1. The van der Waals surface area contributed by atoms with E-state index >= 15 is 0 Å². The fourth-order valence-corrected chi connectivity index (χ4v) is 5.46. The van der Waals surface area contributed by atoms with Gasteiger partial charge in [0, 0.05) is 18.8 Å². The first kappa shape index (κ1) is 26.3. The summed E-state index contributed by atoms with van der Waals surface area (Å²) in [5.41, 5.74) is 8.69. The Hall–Kier alpha value is -3.34. The van der Waals surface area contributed by atoms with Gasteiger partial charge in [-0.1, -0.05) is 18.2 Å². The van der Waals surface area contributed by atoms with Crippen molar-refractivity contribution in [3.05, 3.63) is 78.2 Å². The van der Waals surface area contributed by atoms with Gasteiger partial charge in [-0.2, -0.15) is 0 Å². The molecule has 0 aliphatic heterocycles. The maximum atomic E-state index is 13.8. The molecule has 1 aromatic carbocycles. The zero-order valence-corrected chi connectivity index (χ0v) is 21.0. The Morgan fingerprint density at radius 1 is 1.09 bits per heavy atom. The minimum absolute atomic E-state index is 0.0222. The van der Waals surface area contributed by atoms with Gasteiger partial charge in [0.1, 0.15) is 18.1 Å². The standard InChI is InChI=1S/C25H31N5O4S/c1-4-30(3,5-2)20-13-11-19(12-14-20)16-25(26,35(33,34)21-8-7-15-27-17-21)22-9-6-10-23(29-22)28-18-24(31)32/h6-15,17H,4-5,16,18,26H2,1-3H3,(H-,28,29,31,32)/p+1. The summed E-state index contributed by atoms with van der Waals surface area (Å²) in [6.45, 7) is 5.73. The molecule has 1 unspecified atom stereocenters. The number of carboxylic acid groups (broad SMARTS) is 1. The number of nitrogens with zero attached hydrogens (tertiary/aromatic N) is 3. The monoisotopic (exact) mass is 498 g/mol. The molecule has 0 radical (unpaired) electrons. The van der Waals surface area contributed by atoms with Crippen LogP contribution in [0.1, 0.15) is 25.1 Å². The fourth-order valence-electron chi connectivity index (χ4n) is 3.84. The molecule has 0 saturated carbocycles. The number of hydrogen-bond donors (Lipinski definition) is 3. The van der Waals surface area contributed by atoms with Crippen molar-refractivity contribution in [3.8, 4) is 0 Å². The maximum absolute atomic E-state index is 13.8. The van der Waals surface area contributed by atoms with Crippen LogP contribution in [0, 0.1) is 0 Å². The van der Waals surface area contributed by atoms with Crippen molar-refractivity contribution in [1.82, 2.24) is 14.5 Å². The van der Waals surface area contributed by atoms with Gasteiger partial charge in [-0.3, -0.25) is 14.3 Å². The van der Waals surface area contributed by atoms with Crippen molar-refractivity contribution >= 4 is 27.3 Å². The number of hydrogen-bond acceptors (Lipinski definition) is 7. The van der Waals surface area contributed by atoms with Crippen LogP contribution in [0.2, 0.25) is 0 Å². The first-order valence-corrected chi connectivity index (χ1v) is 12.8. The number of anilines is 1. The van der Waals surface area contributed by atoms with E-state index in [0.29, 0.717) is 0 Å². The number of nitrogens with one attached hydrogen (secondary N) is 1. The normalized spacial score (nSPS) is 13.7. The van der Waals surface area contributed by atoms with Gasteiger partial charge in [0.2, 0.25) is 9.84 Å². The molecule has 9 nitrogen and oxygen atoms in total. The molecule has 0 amide bonds. The molecule has 3 rings (SSSR count). The molecule has 0 saturated heterocycles. The number of benzene rings is 1. The predicted octanol–water partition coefficient (Wildman–Crippen LogP) is 2.78. The molecular weight excluding hydrogens is 466 g/mol. The number of aromatic nitrogens is 2. The zero-order valence-electron chi connectivity index (χ0n) is 20.2. The Labute approximate surface area is 206 Å². The van der Waals surface area contributed by atoms with Crippen LogP contribution in [0.15, 0.2) is 71.9 Å². The van der Waals surface area contributed by atoms with E-state index in [-0.39, 0.29) is 29.4 Å². The van der Waals surface area contributed by atoms with Crippen molar-refractivity contribution in [3.63, 3.8) is 0 Å². The van der Waals surface area contributed by atoms with Gasteiger partial charge >= 0.3 is 5.97 Å². The summed E-state index contributed by atoms with van der Waals surface area (Å²) in [5, 5.41) is 11.6. The largest absolute Gasteiger partial charge is 0.480 e. The second kappa shape index (κ2) is 10.5. The van der Waals surface area contributed by atoms with Crippen molar-refractivity contribution in [2.24, 2.45) is 5.73 Å². The summed E-state index contributed by atoms with van der Waals surface area (Å²) in [5.74, 6) is -0.848. The van der Waals surface area contributed by atoms with E-state index in [1.165, 1.54) is 30.6 Å². The van der Waals surface area contributed by atoms with E-state index in [4.69, 9.17) is 10.8 Å². The first-order chi connectivity index (χ1) is 16.6. The van der Waals surface area contributed by atoms with E-state index in [2.05, 4.69) is 36.2 Å². The van der Waals surface area contributed by atoms with Crippen molar-refractivity contribution in [2.75, 3.05) is 32.0 Å². The van der Waals surface area contributed by atoms with Crippen LogP contribution in [0.5, 0.6) is 0 Å². The highest BCUT2D eigenvalue weighted by molar-refractivity contribution is 7.92.